The quantitative estimate of drug-likeness (QED) is 0.830. The summed E-state index contributed by atoms with van der Waals surface area (Å²) in [5.74, 6) is 2.00. The molecule has 18 heavy (non-hydrogen) atoms. The molecule has 3 rings (SSSR count). The number of nitrogens with two attached hydrogens (primary N) is 1. The van der Waals surface area contributed by atoms with Crippen LogP contribution in [0, 0.1) is 13.8 Å². The molecule has 1 saturated carbocycles. The van der Waals surface area contributed by atoms with E-state index in [-0.39, 0.29) is 6.04 Å². The summed E-state index contributed by atoms with van der Waals surface area (Å²) in [5, 5.41) is 8.54. The molecule has 5 heteroatoms. The van der Waals surface area contributed by atoms with Gasteiger partial charge in [0, 0.05) is 23.3 Å². The highest BCUT2D eigenvalue weighted by molar-refractivity contribution is 5.33. The van der Waals surface area contributed by atoms with E-state index in [2.05, 4.69) is 32.6 Å². The molecule has 2 aromatic rings. The summed E-state index contributed by atoms with van der Waals surface area (Å²) in [6.45, 7) is 4.05. The molecule has 1 aliphatic rings. The first kappa shape index (κ1) is 11.6. The predicted octanol–water partition coefficient (Wildman–Crippen LogP) is 1.73. The van der Waals surface area contributed by atoms with Crippen LogP contribution in [0.15, 0.2) is 6.07 Å². The fraction of sp³-hybridized carbons (Fsp3) is 0.615. The van der Waals surface area contributed by atoms with Crippen molar-refractivity contribution in [3.8, 4) is 0 Å². The van der Waals surface area contributed by atoms with Gasteiger partial charge in [-0.05, 0) is 32.8 Å². The van der Waals surface area contributed by atoms with Gasteiger partial charge in [0.05, 0.1) is 0 Å². The second-order valence-corrected chi connectivity index (χ2v) is 5.29. The monoisotopic (exact) mass is 245 g/mol. The van der Waals surface area contributed by atoms with Crippen LogP contribution in [0.3, 0.4) is 0 Å². The third-order valence-corrected chi connectivity index (χ3v) is 3.87. The first-order valence-electron chi connectivity index (χ1n) is 6.61. The fourth-order valence-electron chi connectivity index (χ4n) is 2.98. The van der Waals surface area contributed by atoms with E-state index in [0.29, 0.717) is 11.7 Å². The van der Waals surface area contributed by atoms with Gasteiger partial charge in [-0.1, -0.05) is 12.8 Å². The fourth-order valence-corrected chi connectivity index (χ4v) is 2.98. The molecule has 5 nitrogen and oxygen atoms in total. The Morgan fingerprint density at radius 2 is 2.00 bits per heavy atom. The Labute approximate surface area is 106 Å². The lowest BCUT2D eigenvalue weighted by atomic mass is 9.84. The van der Waals surface area contributed by atoms with Crippen LogP contribution in [-0.4, -0.2) is 25.6 Å². The molecule has 1 aliphatic carbocycles. The van der Waals surface area contributed by atoms with Gasteiger partial charge < -0.3 is 5.73 Å². The van der Waals surface area contributed by atoms with Crippen molar-refractivity contribution < 1.29 is 0 Å². The van der Waals surface area contributed by atoms with Crippen LogP contribution >= 0.6 is 0 Å². The van der Waals surface area contributed by atoms with E-state index in [0.717, 1.165) is 30.1 Å². The zero-order chi connectivity index (χ0) is 12.7. The van der Waals surface area contributed by atoms with Gasteiger partial charge in [-0.2, -0.15) is 0 Å². The molecule has 0 amide bonds. The zero-order valence-electron chi connectivity index (χ0n) is 10.9. The molecule has 0 radical (unpaired) electrons. The largest absolute Gasteiger partial charge is 0.327 e. The van der Waals surface area contributed by atoms with Gasteiger partial charge in [-0.15, -0.1) is 10.2 Å². The van der Waals surface area contributed by atoms with E-state index < -0.39 is 0 Å². The van der Waals surface area contributed by atoms with Crippen LogP contribution in [-0.2, 0) is 0 Å². The number of nitrogens with zero attached hydrogens (tertiary/aromatic N) is 4. The Morgan fingerprint density at radius 1 is 1.22 bits per heavy atom. The topological polar surface area (TPSA) is 69.1 Å². The van der Waals surface area contributed by atoms with Crippen LogP contribution in [0.2, 0.25) is 0 Å². The number of hydrogen-bond acceptors (Lipinski definition) is 4. The average Bonchev–Trinajstić information content (AvgIpc) is 2.73. The SMILES string of the molecule is Cc1cc(C)n2c(C3CCCCC3N)nnc2n1. The summed E-state index contributed by atoms with van der Waals surface area (Å²) in [6, 6.07) is 2.26. The van der Waals surface area contributed by atoms with Crippen molar-refractivity contribution in [2.24, 2.45) is 5.73 Å². The zero-order valence-corrected chi connectivity index (χ0v) is 10.9. The van der Waals surface area contributed by atoms with E-state index in [4.69, 9.17) is 5.73 Å². The van der Waals surface area contributed by atoms with Crippen molar-refractivity contribution in [3.05, 3.63) is 23.3 Å². The average molecular weight is 245 g/mol. The summed E-state index contributed by atoms with van der Waals surface area (Å²) in [4.78, 5) is 4.43. The molecule has 2 aromatic heterocycles. The minimum Gasteiger partial charge on any atom is -0.327 e. The van der Waals surface area contributed by atoms with Crippen molar-refractivity contribution in [1.29, 1.82) is 0 Å². The minimum absolute atomic E-state index is 0.201. The van der Waals surface area contributed by atoms with Gasteiger partial charge in [0.15, 0.2) is 0 Å². The second-order valence-electron chi connectivity index (χ2n) is 5.29. The lowest BCUT2D eigenvalue weighted by Crippen LogP contribution is -2.32. The minimum atomic E-state index is 0.201. The summed E-state index contributed by atoms with van der Waals surface area (Å²) in [6.07, 6.45) is 4.64. The Morgan fingerprint density at radius 3 is 2.78 bits per heavy atom. The maximum absolute atomic E-state index is 6.24. The number of aromatic nitrogens is 4. The third kappa shape index (κ3) is 1.79. The molecule has 2 N–H and O–H groups in total. The summed E-state index contributed by atoms with van der Waals surface area (Å²) in [5.41, 5.74) is 8.35. The van der Waals surface area contributed by atoms with E-state index >= 15 is 0 Å². The number of hydrogen-bond donors (Lipinski definition) is 1. The molecule has 0 bridgehead atoms. The second kappa shape index (κ2) is 4.31. The summed E-state index contributed by atoms with van der Waals surface area (Å²) >= 11 is 0. The number of aryl methyl sites for hydroxylation is 2. The van der Waals surface area contributed by atoms with Crippen molar-refractivity contribution in [3.63, 3.8) is 0 Å². The highest BCUT2D eigenvalue weighted by Crippen LogP contribution is 2.31. The van der Waals surface area contributed by atoms with Crippen LogP contribution < -0.4 is 5.73 Å². The van der Waals surface area contributed by atoms with E-state index in [9.17, 15) is 0 Å². The smallest absolute Gasteiger partial charge is 0.255 e. The molecule has 0 aromatic carbocycles. The maximum atomic E-state index is 6.24. The summed E-state index contributed by atoms with van der Waals surface area (Å²) in [7, 11) is 0. The number of rotatable bonds is 1. The normalized spacial score (nSPS) is 24.6. The molecule has 0 spiro atoms. The van der Waals surface area contributed by atoms with Crippen LogP contribution in [0.4, 0.5) is 0 Å². The van der Waals surface area contributed by atoms with Crippen molar-refractivity contribution in [2.45, 2.75) is 51.5 Å². The van der Waals surface area contributed by atoms with Gasteiger partial charge in [0.1, 0.15) is 5.82 Å². The van der Waals surface area contributed by atoms with Crippen molar-refractivity contribution in [2.75, 3.05) is 0 Å². The predicted molar refractivity (Wildman–Crippen MR) is 69.4 cm³/mol. The summed E-state index contributed by atoms with van der Waals surface area (Å²) < 4.78 is 2.06. The molecule has 2 atom stereocenters. The van der Waals surface area contributed by atoms with Gasteiger partial charge in [0.25, 0.3) is 5.78 Å². The van der Waals surface area contributed by atoms with Gasteiger partial charge in [-0.3, -0.25) is 4.40 Å². The van der Waals surface area contributed by atoms with E-state index in [1.807, 2.05) is 6.92 Å². The van der Waals surface area contributed by atoms with Crippen LogP contribution in [0.1, 0.15) is 48.8 Å². The van der Waals surface area contributed by atoms with E-state index in [1.54, 1.807) is 0 Å². The van der Waals surface area contributed by atoms with Crippen LogP contribution in [0.25, 0.3) is 5.78 Å². The molecule has 0 saturated heterocycles. The number of fused-ring (bicyclic) bond motifs is 1. The first-order valence-corrected chi connectivity index (χ1v) is 6.61. The molecule has 2 unspecified atom stereocenters. The maximum Gasteiger partial charge on any atom is 0.255 e. The van der Waals surface area contributed by atoms with Gasteiger partial charge in [0.2, 0.25) is 0 Å². The molecule has 2 heterocycles. The molecular weight excluding hydrogens is 226 g/mol. The van der Waals surface area contributed by atoms with Gasteiger partial charge in [-0.25, -0.2) is 4.98 Å². The molecule has 1 fully saturated rings. The van der Waals surface area contributed by atoms with Crippen molar-refractivity contribution in [1.82, 2.24) is 19.6 Å². The van der Waals surface area contributed by atoms with Crippen LogP contribution in [0.5, 0.6) is 0 Å². The van der Waals surface area contributed by atoms with E-state index in [1.165, 1.54) is 12.8 Å². The molecular formula is C13H19N5. The first-order chi connectivity index (χ1) is 8.66. The Bertz CT molecular complexity index is 574. The lowest BCUT2D eigenvalue weighted by Gasteiger charge is -2.27. The third-order valence-electron chi connectivity index (χ3n) is 3.87. The van der Waals surface area contributed by atoms with Crippen molar-refractivity contribution >= 4 is 5.78 Å². The Balaban J connectivity index is 2.12. The molecule has 0 aliphatic heterocycles. The Hall–Kier alpha value is -1.49. The lowest BCUT2D eigenvalue weighted by molar-refractivity contribution is 0.371. The highest BCUT2D eigenvalue weighted by atomic mass is 15.3. The standard InChI is InChI=1S/C13H19N5/c1-8-7-9(2)18-12(16-17-13(18)15-8)10-5-3-4-6-11(10)14/h7,10-11H,3-6,14H2,1-2H3. The van der Waals surface area contributed by atoms with Gasteiger partial charge >= 0.3 is 0 Å². The highest BCUT2D eigenvalue weighted by Gasteiger charge is 2.28. The Kier molecular flexibility index (Phi) is 2.78. The molecule has 96 valence electrons.